The third-order valence-corrected chi connectivity index (χ3v) is 3.87. The topological polar surface area (TPSA) is 52.2 Å². The Balaban J connectivity index is 1.60. The van der Waals surface area contributed by atoms with E-state index in [0.29, 0.717) is 18.7 Å². The Morgan fingerprint density at radius 3 is 2.54 bits per heavy atom. The molecule has 24 heavy (non-hydrogen) atoms. The third kappa shape index (κ3) is 4.07. The Labute approximate surface area is 140 Å². The predicted molar refractivity (Wildman–Crippen MR) is 91.7 cm³/mol. The fourth-order valence-electron chi connectivity index (χ4n) is 2.61. The molecule has 0 aliphatic heterocycles. The van der Waals surface area contributed by atoms with Gasteiger partial charge in [-0.25, -0.2) is 9.37 Å². The summed E-state index contributed by atoms with van der Waals surface area (Å²) < 4.78 is 12.9. The number of hydrogen-bond donors (Lipinski definition) is 2. The highest BCUT2D eigenvalue weighted by molar-refractivity contribution is 5.57. The van der Waals surface area contributed by atoms with Crippen molar-refractivity contribution >= 4 is 0 Å². The van der Waals surface area contributed by atoms with E-state index in [1.54, 1.807) is 12.1 Å². The van der Waals surface area contributed by atoms with Gasteiger partial charge < -0.3 is 10.1 Å². The number of likely N-dealkylation sites (N-methyl/N-ethyl adjacent to an activating group) is 1. The second-order valence-electron chi connectivity index (χ2n) is 5.87. The first-order valence-corrected chi connectivity index (χ1v) is 7.83. The summed E-state index contributed by atoms with van der Waals surface area (Å²) in [6.45, 7) is 1.03. The minimum Gasteiger partial charge on any atom is -0.387 e. The lowest BCUT2D eigenvalue weighted by molar-refractivity contribution is 0.122. The van der Waals surface area contributed by atoms with Crippen LogP contribution in [0, 0.1) is 5.82 Å². The van der Waals surface area contributed by atoms with Crippen molar-refractivity contribution in [1.29, 1.82) is 0 Å². The van der Waals surface area contributed by atoms with Crippen LogP contribution in [0.3, 0.4) is 0 Å². The van der Waals surface area contributed by atoms with Crippen LogP contribution >= 0.6 is 0 Å². The van der Waals surface area contributed by atoms with E-state index in [2.05, 4.69) is 9.97 Å². The van der Waals surface area contributed by atoms with E-state index in [9.17, 15) is 9.50 Å². The van der Waals surface area contributed by atoms with Gasteiger partial charge in [0.05, 0.1) is 24.5 Å². The number of aromatic nitrogens is 2. The molecule has 0 radical (unpaired) electrons. The molecular weight excluding hydrogens is 305 g/mol. The highest BCUT2D eigenvalue weighted by atomic mass is 19.1. The number of aliphatic hydroxyl groups is 1. The summed E-state index contributed by atoms with van der Waals surface area (Å²) in [6, 6.07) is 15.9. The van der Waals surface area contributed by atoms with Crippen LogP contribution in [-0.2, 0) is 6.54 Å². The number of hydrogen-bond acceptors (Lipinski definition) is 3. The fourth-order valence-corrected chi connectivity index (χ4v) is 2.61. The smallest absolute Gasteiger partial charge is 0.123 e. The van der Waals surface area contributed by atoms with Gasteiger partial charge in [0.15, 0.2) is 0 Å². The van der Waals surface area contributed by atoms with Gasteiger partial charge >= 0.3 is 0 Å². The molecule has 5 heteroatoms. The van der Waals surface area contributed by atoms with Crippen LogP contribution in [0.1, 0.15) is 17.5 Å². The summed E-state index contributed by atoms with van der Waals surface area (Å²) in [4.78, 5) is 9.67. The molecule has 4 nitrogen and oxygen atoms in total. The van der Waals surface area contributed by atoms with Crippen molar-refractivity contribution in [2.24, 2.45) is 0 Å². The molecule has 1 atom stereocenters. The Kier molecular flexibility index (Phi) is 5.03. The number of aliphatic hydroxyl groups excluding tert-OH is 1. The van der Waals surface area contributed by atoms with Gasteiger partial charge in [0.1, 0.15) is 11.6 Å². The van der Waals surface area contributed by atoms with Gasteiger partial charge in [0, 0.05) is 6.54 Å². The second kappa shape index (κ2) is 7.38. The quantitative estimate of drug-likeness (QED) is 0.730. The van der Waals surface area contributed by atoms with Crippen LogP contribution in [0.15, 0.2) is 60.8 Å². The van der Waals surface area contributed by atoms with E-state index >= 15 is 0 Å². The number of nitrogens with one attached hydrogen (secondary N) is 1. The Morgan fingerprint density at radius 1 is 1.12 bits per heavy atom. The van der Waals surface area contributed by atoms with Crippen molar-refractivity contribution in [2.75, 3.05) is 13.6 Å². The molecule has 0 aliphatic rings. The van der Waals surface area contributed by atoms with E-state index in [-0.39, 0.29) is 5.82 Å². The highest BCUT2D eigenvalue weighted by Gasteiger charge is 2.12. The van der Waals surface area contributed by atoms with Gasteiger partial charge in [0.25, 0.3) is 0 Å². The molecule has 124 valence electrons. The minimum atomic E-state index is -0.667. The van der Waals surface area contributed by atoms with Crippen molar-refractivity contribution in [3.8, 4) is 11.3 Å². The van der Waals surface area contributed by atoms with Gasteiger partial charge in [-0.15, -0.1) is 0 Å². The molecule has 0 saturated heterocycles. The van der Waals surface area contributed by atoms with Crippen LogP contribution in [0.25, 0.3) is 11.3 Å². The van der Waals surface area contributed by atoms with E-state index in [4.69, 9.17) is 0 Å². The number of rotatable bonds is 6. The van der Waals surface area contributed by atoms with Gasteiger partial charge in [-0.05, 0) is 30.3 Å². The molecule has 0 bridgehead atoms. The number of nitrogens with zero attached hydrogens (tertiary/aromatic N) is 2. The molecule has 3 rings (SSSR count). The zero-order chi connectivity index (χ0) is 16.9. The van der Waals surface area contributed by atoms with E-state index in [1.165, 1.54) is 12.1 Å². The summed E-state index contributed by atoms with van der Waals surface area (Å²) in [5, 5.41) is 10.2. The molecule has 0 amide bonds. The average Bonchev–Trinajstić information content (AvgIpc) is 3.04. The Morgan fingerprint density at radius 2 is 1.83 bits per heavy atom. The van der Waals surface area contributed by atoms with Crippen molar-refractivity contribution in [1.82, 2.24) is 14.9 Å². The maximum Gasteiger partial charge on any atom is 0.123 e. The lowest BCUT2D eigenvalue weighted by Crippen LogP contribution is -2.24. The molecule has 2 aromatic carbocycles. The van der Waals surface area contributed by atoms with Gasteiger partial charge in [-0.2, -0.15) is 0 Å². The van der Waals surface area contributed by atoms with Gasteiger partial charge in [-0.3, -0.25) is 4.90 Å². The molecular formula is C19H20FN3O. The van der Waals surface area contributed by atoms with Crippen LogP contribution in [0.4, 0.5) is 4.39 Å². The van der Waals surface area contributed by atoms with Crippen molar-refractivity contribution < 1.29 is 9.50 Å². The van der Waals surface area contributed by atoms with Crippen LogP contribution in [0.5, 0.6) is 0 Å². The molecule has 0 spiro atoms. The maximum absolute atomic E-state index is 12.9. The molecule has 2 N–H and O–H groups in total. The van der Waals surface area contributed by atoms with Gasteiger partial charge in [-0.1, -0.05) is 42.5 Å². The summed E-state index contributed by atoms with van der Waals surface area (Å²) in [6.07, 6.45) is 1.15. The van der Waals surface area contributed by atoms with E-state index in [0.717, 1.165) is 17.1 Å². The molecule has 0 fully saturated rings. The summed E-state index contributed by atoms with van der Waals surface area (Å²) in [5.41, 5.74) is 2.76. The standard InChI is InChI=1S/C19H20FN3O/c1-23(12-18(24)15-7-9-16(20)10-8-15)13-19-21-11-17(22-19)14-5-3-2-4-6-14/h2-11,18,24H,12-13H2,1H3,(H,21,22). The average molecular weight is 325 g/mol. The number of imidazole rings is 1. The Hall–Kier alpha value is -2.50. The largest absolute Gasteiger partial charge is 0.387 e. The first kappa shape index (κ1) is 16.4. The number of halogens is 1. The summed E-state index contributed by atoms with van der Waals surface area (Å²) in [5.74, 6) is 0.533. The lowest BCUT2D eigenvalue weighted by Gasteiger charge is -2.19. The lowest BCUT2D eigenvalue weighted by atomic mass is 10.1. The predicted octanol–water partition coefficient (Wildman–Crippen LogP) is 3.38. The number of benzene rings is 2. The second-order valence-corrected chi connectivity index (χ2v) is 5.87. The fraction of sp³-hybridized carbons (Fsp3) is 0.211. The van der Waals surface area contributed by atoms with Crippen molar-refractivity contribution in [3.05, 3.63) is 78.0 Å². The molecule has 1 unspecified atom stereocenters. The minimum absolute atomic E-state index is 0.302. The number of aromatic amines is 1. The highest BCUT2D eigenvalue weighted by Crippen LogP contribution is 2.18. The zero-order valence-electron chi connectivity index (χ0n) is 13.5. The molecule has 3 aromatic rings. The van der Waals surface area contributed by atoms with E-state index in [1.807, 2.05) is 48.5 Å². The Bertz CT molecular complexity index is 771. The molecule has 0 aliphatic carbocycles. The molecule has 1 aromatic heterocycles. The monoisotopic (exact) mass is 325 g/mol. The molecule has 1 heterocycles. The summed E-state index contributed by atoms with van der Waals surface area (Å²) >= 11 is 0. The van der Waals surface area contributed by atoms with Crippen molar-refractivity contribution in [2.45, 2.75) is 12.6 Å². The molecule has 0 saturated carbocycles. The van der Waals surface area contributed by atoms with Crippen LogP contribution < -0.4 is 0 Å². The summed E-state index contributed by atoms with van der Waals surface area (Å²) in [7, 11) is 1.91. The van der Waals surface area contributed by atoms with Crippen LogP contribution in [-0.4, -0.2) is 33.6 Å². The number of H-pyrrole nitrogens is 1. The SMILES string of the molecule is CN(Cc1ncc(-c2ccccc2)[nH]1)CC(O)c1ccc(F)cc1. The van der Waals surface area contributed by atoms with Crippen LogP contribution in [0.2, 0.25) is 0 Å². The first-order chi connectivity index (χ1) is 11.6. The normalized spacial score (nSPS) is 12.5. The zero-order valence-corrected chi connectivity index (χ0v) is 13.5. The van der Waals surface area contributed by atoms with Crippen molar-refractivity contribution in [3.63, 3.8) is 0 Å². The maximum atomic E-state index is 12.9. The first-order valence-electron chi connectivity index (χ1n) is 7.83. The van der Waals surface area contributed by atoms with Gasteiger partial charge in [0.2, 0.25) is 0 Å². The third-order valence-electron chi connectivity index (χ3n) is 3.87. The van der Waals surface area contributed by atoms with E-state index < -0.39 is 6.10 Å².